The number of carbonyl (C=O) groups excluding carboxylic acids is 2. The average molecular weight is 388 g/mol. The molecule has 2 aromatic carbocycles. The van der Waals surface area contributed by atoms with Crippen molar-refractivity contribution in [3.05, 3.63) is 52.0 Å². The van der Waals surface area contributed by atoms with Gasteiger partial charge in [0.1, 0.15) is 11.5 Å². The first-order valence-electron chi connectivity index (χ1n) is 8.88. The number of Topliss-reactive ketones (excluding diaryl/α,β-unsaturated/α-hetero) is 1. The average Bonchev–Trinajstić information content (AvgIpc) is 3.14. The van der Waals surface area contributed by atoms with Crippen LogP contribution in [0.2, 0.25) is 5.02 Å². The van der Waals surface area contributed by atoms with E-state index < -0.39 is 0 Å². The SMILES string of the molecule is COc1cc(NC(=O)CCC(=O)c2ccc3c(c2)CCC3)c(OC)cc1Cl. The van der Waals surface area contributed by atoms with Crippen molar-refractivity contribution in [2.24, 2.45) is 0 Å². The molecule has 0 saturated heterocycles. The number of anilines is 1. The summed E-state index contributed by atoms with van der Waals surface area (Å²) in [6, 6.07) is 9.03. The lowest BCUT2D eigenvalue weighted by Crippen LogP contribution is -2.14. The number of amides is 1. The second-order valence-electron chi connectivity index (χ2n) is 6.50. The maximum Gasteiger partial charge on any atom is 0.224 e. The van der Waals surface area contributed by atoms with E-state index in [1.54, 1.807) is 12.1 Å². The molecular weight excluding hydrogens is 366 g/mol. The first kappa shape index (κ1) is 19.2. The molecule has 1 N–H and O–H groups in total. The molecule has 1 amide bonds. The van der Waals surface area contributed by atoms with Crippen LogP contribution in [-0.4, -0.2) is 25.9 Å². The van der Waals surface area contributed by atoms with Crippen LogP contribution in [0.25, 0.3) is 0 Å². The highest BCUT2D eigenvalue weighted by molar-refractivity contribution is 6.32. The first-order valence-corrected chi connectivity index (χ1v) is 9.26. The van der Waals surface area contributed by atoms with Crippen molar-refractivity contribution in [3.8, 4) is 11.5 Å². The Morgan fingerprint density at radius 2 is 1.74 bits per heavy atom. The summed E-state index contributed by atoms with van der Waals surface area (Å²) in [7, 11) is 2.99. The summed E-state index contributed by atoms with van der Waals surface area (Å²) in [5.74, 6) is 0.564. The lowest BCUT2D eigenvalue weighted by molar-refractivity contribution is -0.116. The van der Waals surface area contributed by atoms with Crippen molar-refractivity contribution >= 4 is 29.0 Å². The standard InChI is InChI=1S/C21H22ClNO4/c1-26-19-12-17(20(27-2)11-16(19)22)23-21(25)9-8-18(24)15-7-6-13-4-3-5-14(13)10-15/h6-7,10-12H,3-5,8-9H2,1-2H3,(H,23,25). The third-order valence-electron chi connectivity index (χ3n) is 4.75. The van der Waals surface area contributed by atoms with E-state index in [-0.39, 0.29) is 24.5 Å². The van der Waals surface area contributed by atoms with Gasteiger partial charge >= 0.3 is 0 Å². The van der Waals surface area contributed by atoms with E-state index in [2.05, 4.69) is 5.32 Å². The number of carbonyl (C=O) groups is 2. The molecule has 0 heterocycles. The van der Waals surface area contributed by atoms with Crippen molar-refractivity contribution in [2.45, 2.75) is 32.1 Å². The number of ketones is 1. The summed E-state index contributed by atoms with van der Waals surface area (Å²) in [5, 5.41) is 3.15. The van der Waals surface area contributed by atoms with Gasteiger partial charge in [0.2, 0.25) is 5.91 Å². The van der Waals surface area contributed by atoms with Crippen LogP contribution in [0.15, 0.2) is 30.3 Å². The summed E-state index contributed by atoms with van der Waals surface area (Å²) in [4.78, 5) is 24.7. The van der Waals surface area contributed by atoms with Gasteiger partial charge in [-0.1, -0.05) is 23.7 Å². The lowest BCUT2D eigenvalue weighted by Gasteiger charge is -2.13. The first-order chi connectivity index (χ1) is 13.0. The van der Waals surface area contributed by atoms with Crippen molar-refractivity contribution in [2.75, 3.05) is 19.5 Å². The number of ether oxygens (including phenoxy) is 2. The minimum Gasteiger partial charge on any atom is -0.495 e. The van der Waals surface area contributed by atoms with Crippen LogP contribution in [0.1, 0.15) is 40.7 Å². The van der Waals surface area contributed by atoms with Gasteiger partial charge in [0.15, 0.2) is 5.78 Å². The highest BCUT2D eigenvalue weighted by Crippen LogP contribution is 2.36. The molecule has 0 saturated carbocycles. The molecule has 1 aliphatic carbocycles. The molecule has 0 radical (unpaired) electrons. The fourth-order valence-electron chi connectivity index (χ4n) is 3.29. The number of aryl methyl sites for hydroxylation is 2. The number of rotatable bonds is 7. The number of nitrogens with one attached hydrogen (secondary N) is 1. The Bertz CT molecular complexity index is 879. The normalized spacial score (nSPS) is 12.4. The topological polar surface area (TPSA) is 64.6 Å². The quantitative estimate of drug-likeness (QED) is 0.713. The molecule has 2 aromatic rings. The maximum absolute atomic E-state index is 12.4. The Hall–Kier alpha value is -2.53. The van der Waals surface area contributed by atoms with Crippen LogP contribution in [0, 0.1) is 0 Å². The molecule has 6 heteroatoms. The molecule has 5 nitrogen and oxygen atoms in total. The van der Waals surface area contributed by atoms with E-state index in [4.69, 9.17) is 21.1 Å². The van der Waals surface area contributed by atoms with Crippen molar-refractivity contribution in [1.29, 1.82) is 0 Å². The van der Waals surface area contributed by atoms with Gasteiger partial charge < -0.3 is 14.8 Å². The molecule has 0 fully saturated rings. The van der Waals surface area contributed by atoms with E-state index in [1.807, 2.05) is 18.2 Å². The van der Waals surface area contributed by atoms with Crippen LogP contribution in [0.3, 0.4) is 0 Å². The predicted molar refractivity (Wildman–Crippen MR) is 105 cm³/mol. The zero-order chi connectivity index (χ0) is 19.4. The zero-order valence-electron chi connectivity index (χ0n) is 15.4. The van der Waals surface area contributed by atoms with Gasteiger partial charge in [0.05, 0.1) is 24.9 Å². The fourth-order valence-corrected chi connectivity index (χ4v) is 3.52. The molecule has 3 rings (SSSR count). The number of hydrogen-bond donors (Lipinski definition) is 1. The molecule has 0 bridgehead atoms. The van der Waals surface area contributed by atoms with E-state index in [1.165, 1.54) is 25.3 Å². The largest absolute Gasteiger partial charge is 0.495 e. The Kier molecular flexibility index (Phi) is 6.01. The summed E-state index contributed by atoms with van der Waals surface area (Å²) in [5.41, 5.74) is 3.71. The smallest absolute Gasteiger partial charge is 0.224 e. The lowest BCUT2D eigenvalue weighted by atomic mass is 10.0. The summed E-state index contributed by atoms with van der Waals surface area (Å²) in [6.45, 7) is 0. The van der Waals surface area contributed by atoms with Crippen molar-refractivity contribution in [3.63, 3.8) is 0 Å². The molecule has 0 spiro atoms. The molecule has 0 aromatic heterocycles. The highest BCUT2D eigenvalue weighted by Gasteiger charge is 2.16. The minimum atomic E-state index is -0.271. The monoisotopic (exact) mass is 387 g/mol. The van der Waals surface area contributed by atoms with Crippen LogP contribution in [0.5, 0.6) is 11.5 Å². The Balaban J connectivity index is 1.62. The van der Waals surface area contributed by atoms with E-state index in [9.17, 15) is 9.59 Å². The Morgan fingerprint density at radius 1 is 1.00 bits per heavy atom. The summed E-state index contributed by atoms with van der Waals surface area (Å²) < 4.78 is 10.4. The van der Waals surface area contributed by atoms with Gasteiger partial charge in [-0.15, -0.1) is 0 Å². The summed E-state index contributed by atoms with van der Waals surface area (Å²) >= 11 is 6.07. The van der Waals surface area contributed by atoms with Crippen LogP contribution >= 0.6 is 11.6 Å². The maximum atomic E-state index is 12.4. The molecule has 0 aliphatic heterocycles. The molecule has 27 heavy (non-hydrogen) atoms. The van der Waals surface area contributed by atoms with Gasteiger partial charge in [-0.2, -0.15) is 0 Å². The molecule has 0 atom stereocenters. The zero-order valence-corrected chi connectivity index (χ0v) is 16.2. The number of fused-ring (bicyclic) bond motifs is 1. The molecular formula is C21H22ClNO4. The Labute approximate surface area is 163 Å². The molecule has 0 unspecified atom stereocenters. The van der Waals surface area contributed by atoms with Crippen molar-refractivity contribution < 1.29 is 19.1 Å². The van der Waals surface area contributed by atoms with Crippen molar-refractivity contribution in [1.82, 2.24) is 0 Å². The summed E-state index contributed by atoms with van der Waals surface area (Å²) in [6.07, 6.45) is 3.48. The van der Waals surface area contributed by atoms with Crippen LogP contribution in [-0.2, 0) is 17.6 Å². The van der Waals surface area contributed by atoms with Crippen LogP contribution < -0.4 is 14.8 Å². The Morgan fingerprint density at radius 3 is 2.48 bits per heavy atom. The van der Waals surface area contributed by atoms with E-state index >= 15 is 0 Å². The number of methoxy groups -OCH3 is 2. The third kappa shape index (κ3) is 4.42. The van der Waals surface area contributed by atoms with E-state index in [0.717, 1.165) is 19.3 Å². The second-order valence-corrected chi connectivity index (χ2v) is 6.90. The molecule has 142 valence electrons. The number of benzene rings is 2. The third-order valence-corrected chi connectivity index (χ3v) is 5.04. The van der Waals surface area contributed by atoms with Gasteiger partial charge in [-0.25, -0.2) is 0 Å². The molecule has 1 aliphatic rings. The fraction of sp³-hybridized carbons (Fsp3) is 0.333. The van der Waals surface area contributed by atoms with Gasteiger partial charge in [0.25, 0.3) is 0 Å². The van der Waals surface area contributed by atoms with Gasteiger partial charge in [-0.3, -0.25) is 9.59 Å². The highest BCUT2D eigenvalue weighted by atomic mass is 35.5. The predicted octanol–water partition coefficient (Wildman–Crippen LogP) is 4.45. The number of halogens is 1. The van der Waals surface area contributed by atoms with Gasteiger partial charge in [-0.05, 0) is 36.5 Å². The minimum absolute atomic E-state index is 0.0273. The van der Waals surface area contributed by atoms with Crippen LogP contribution in [0.4, 0.5) is 5.69 Å². The van der Waals surface area contributed by atoms with Gasteiger partial charge in [0, 0.05) is 30.5 Å². The number of hydrogen-bond acceptors (Lipinski definition) is 4. The second kappa shape index (κ2) is 8.44. The van der Waals surface area contributed by atoms with E-state index in [0.29, 0.717) is 27.8 Å².